The van der Waals surface area contributed by atoms with Gasteiger partial charge in [-0.25, -0.2) is 12.8 Å². The molecule has 1 atom stereocenters. The minimum Gasteiger partial charge on any atom is -0.456 e. The second-order valence-corrected chi connectivity index (χ2v) is 10.5. The van der Waals surface area contributed by atoms with Crippen molar-refractivity contribution in [3.63, 3.8) is 0 Å². The number of ether oxygens (including phenoxy) is 1. The molecule has 1 amide bonds. The van der Waals surface area contributed by atoms with Gasteiger partial charge in [-0.05, 0) is 47.2 Å². The highest BCUT2D eigenvalue weighted by molar-refractivity contribution is 7.91. The molecule has 172 valence electrons. The van der Waals surface area contributed by atoms with Gasteiger partial charge in [-0.2, -0.15) is 4.31 Å². The first kappa shape index (κ1) is 23.1. The molecule has 0 radical (unpaired) electrons. The van der Waals surface area contributed by atoms with Crippen LogP contribution in [0.3, 0.4) is 0 Å². The average Bonchev–Trinajstić information content (AvgIpc) is 3.34. The summed E-state index contributed by atoms with van der Waals surface area (Å²) < 4.78 is 46.4. The number of fused-ring (bicyclic) bond motifs is 1. The molecule has 0 saturated carbocycles. The van der Waals surface area contributed by atoms with Crippen LogP contribution < -0.4 is 5.32 Å². The molecule has 2 heterocycles. The number of nitrogens with one attached hydrogen (secondary N) is 1. The molecule has 1 unspecified atom stereocenters. The van der Waals surface area contributed by atoms with E-state index in [1.165, 1.54) is 28.6 Å². The Balaban J connectivity index is 1.47. The van der Waals surface area contributed by atoms with Gasteiger partial charge in [0.25, 0.3) is 15.9 Å². The first-order chi connectivity index (χ1) is 15.8. The predicted octanol–water partition coefficient (Wildman–Crippen LogP) is 3.75. The molecule has 33 heavy (non-hydrogen) atoms. The zero-order valence-electron chi connectivity index (χ0n) is 17.4. The van der Waals surface area contributed by atoms with E-state index in [2.05, 4.69) is 5.32 Å². The molecule has 0 fully saturated rings. The van der Waals surface area contributed by atoms with Gasteiger partial charge in [-0.3, -0.25) is 9.59 Å². The van der Waals surface area contributed by atoms with Crippen LogP contribution >= 0.6 is 11.3 Å². The lowest BCUT2D eigenvalue weighted by Crippen LogP contribution is -2.41. The van der Waals surface area contributed by atoms with Gasteiger partial charge >= 0.3 is 5.97 Å². The van der Waals surface area contributed by atoms with Crippen molar-refractivity contribution in [3.8, 4) is 0 Å². The third kappa shape index (κ3) is 5.29. The third-order valence-electron chi connectivity index (χ3n) is 5.25. The van der Waals surface area contributed by atoms with E-state index in [1.807, 2.05) is 12.1 Å². The van der Waals surface area contributed by atoms with Crippen molar-refractivity contribution in [2.75, 3.05) is 18.5 Å². The maximum atomic E-state index is 13.3. The Morgan fingerprint density at radius 2 is 1.94 bits per heavy atom. The van der Waals surface area contributed by atoms with Gasteiger partial charge in [0.05, 0.1) is 12.5 Å². The maximum absolute atomic E-state index is 13.3. The normalized spacial score (nSPS) is 16.1. The molecule has 1 aliphatic rings. The van der Waals surface area contributed by atoms with Crippen molar-refractivity contribution < 1.29 is 27.1 Å². The number of halogens is 1. The van der Waals surface area contributed by atoms with Crippen LogP contribution in [0, 0.1) is 5.82 Å². The number of sulfonamides is 1. The molecule has 0 aliphatic carbocycles. The number of hydrogen-bond acceptors (Lipinski definition) is 6. The highest BCUT2D eigenvalue weighted by Gasteiger charge is 2.38. The molecule has 10 heteroatoms. The van der Waals surface area contributed by atoms with Gasteiger partial charge in [0.1, 0.15) is 10.0 Å². The Morgan fingerprint density at radius 3 is 2.70 bits per heavy atom. The summed E-state index contributed by atoms with van der Waals surface area (Å²) in [5, 5.41) is 4.13. The van der Waals surface area contributed by atoms with Crippen LogP contribution in [0.25, 0.3) is 0 Å². The number of anilines is 1. The summed E-state index contributed by atoms with van der Waals surface area (Å²) in [6, 6.07) is 15.2. The van der Waals surface area contributed by atoms with Crippen molar-refractivity contribution in [3.05, 3.63) is 83.0 Å². The lowest BCUT2D eigenvalue weighted by atomic mass is 9.92. The van der Waals surface area contributed by atoms with Crippen molar-refractivity contribution in [2.24, 2.45) is 0 Å². The van der Waals surface area contributed by atoms with Crippen molar-refractivity contribution in [2.45, 2.75) is 23.1 Å². The summed E-state index contributed by atoms with van der Waals surface area (Å²) in [4.78, 5) is 24.7. The van der Waals surface area contributed by atoms with Crippen molar-refractivity contribution >= 4 is 38.9 Å². The molecule has 0 spiro atoms. The third-order valence-corrected chi connectivity index (χ3v) is 8.54. The molecule has 0 saturated heterocycles. The number of carbonyl (C=O) groups is 2. The van der Waals surface area contributed by atoms with Crippen LogP contribution in [-0.4, -0.2) is 37.8 Å². The summed E-state index contributed by atoms with van der Waals surface area (Å²) in [6.07, 6.45) is 0.289. The Kier molecular flexibility index (Phi) is 6.87. The fraction of sp³-hybridized carbons (Fsp3) is 0.217. The fourth-order valence-electron chi connectivity index (χ4n) is 3.78. The van der Waals surface area contributed by atoms with E-state index >= 15 is 0 Å². The largest absolute Gasteiger partial charge is 0.456 e. The highest BCUT2D eigenvalue weighted by Crippen LogP contribution is 2.37. The van der Waals surface area contributed by atoms with Crippen LogP contribution in [-0.2, 0) is 30.8 Å². The van der Waals surface area contributed by atoms with Crippen LogP contribution in [0.5, 0.6) is 0 Å². The SMILES string of the molecule is O=C(COC(=O)CC1c2ccccc2CCN1S(=O)(=O)c1cccs1)Nc1cccc(F)c1. The molecule has 1 aromatic heterocycles. The predicted molar refractivity (Wildman–Crippen MR) is 122 cm³/mol. The van der Waals surface area contributed by atoms with E-state index in [1.54, 1.807) is 23.6 Å². The van der Waals surface area contributed by atoms with E-state index in [0.29, 0.717) is 6.42 Å². The Morgan fingerprint density at radius 1 is 1.12 bits per heavy atom. The van der Waals surface area contributed by atoms with Crippen LogP contribution in [0.15, 0.2) is 70.3 Å². The quantitative estimate of drug-likeness (QED) is 0.512. The van der Waals surface area contributed by atoms with Crippen LogP contribution in [0.2, 0.25) is 0 Å². The summed E-state index contributed by atoms with van der Waals surface area (Å²) >= 11 is 1.12. The smallest absolute Gasteiger partial charge is 0.308 e. The van der Waals surface area contributed by atoms with Gasteiger partial charge < -0.3 is 10.1 Å². The maximum Gasteiger partial charge on any atom is 0.308 e. The van der Waals surface area contributed by atoms with Gasteiger partial charge in [-0.1, -0.05) is 36.4 Å². The second-order valence-electron chi connectivity index (χ2n) is 7.44. The average molecular weight is 489 g/mol. The van der Waals surface area contributed by atoms with Crippen molar-refractivity contribution in [1.29, 1.82) is 0 Å². The number of rotatable bonds is 7. The molecular weight excluding hydrogens is 467 g/mol. The van der Waals surface area contributed by atoms with Crippen molar-refractivity contribution in [1.82, 2.24) is 4.31 Å². The van der Waals surface area contributed by atoms with E-state index in [0.717, 1.165) is 28.5 Å². The fourth-order valence-corrected chi connectivity index (χ4v) is 6.51. The molecule has 7 nitrogen and oxygen atoms in total. The van der Waals surface area contributed by atoms with E-state index in [9.17, 15) is 22.4 Å². The lowest BCUT2D eigenvalue weighted by molar-refractivity contribution is -0.148. The first-order valence-corrected chi connectivity index (χ1v) is 12.5. The van der Waals surface area contributed by atoms with Gasteiger partial charge in [0.15, 0.2) is 6.61 Å². The molecule has 3 aromatic rings. The Labute approximate surface area is 194 Å². The standard InChI is InChI=1S/C23H21FN2O5S2/c24-17-6-3-7-18(13-17)25-21(27)15-31-22(28)14-20-19-8-2-1-5-16(19)10-11-26(20)33(29,30)23-9-4-12-32-23/h1-9,12-13,20H,10-11,14-15H2,(H,25,27). The summed E-state index contributed by atoms with van der Waals surface area (Å²) in [7, 11) is -3.80. The van der Waals surface area contributed by atoms with E-state index in [4.69, 9.17) is 4.74 Å². The van der Waals surface area contributed by atoms with Gasteiger partial charge in [-0.15, -0.1) is 11.3 Å². The number of esters is 1. The number of thiophene rings is 1. The van der Waals surface area contributed by atoms with E-state index in [-0.39, 0.29) is 22.9 Å². The Hall–Kier alpha value is -3.08. The number of hydrogen-bond donors (Lipinski definition) is 1. The number of nitrogens with zero attached hydrogens (tertiary/aromatic N) is 1. The minimum atomic E-state index is -3.80. The van der Waals surface area contributed by atoms with Gasteiger partial charge in [0, 0.05) is 12.2 Å². The molecule has 1 N–H and O–H groups in total. The second kappa shape index (κ2) is 9.82. The minimum absolute atomic E-state index is 0.203. The molecule has 1 aliphatic heterocycles. The summed E-state index contributed by atoms with van der Waals surface area (Å²) in [5.41, 5.74) is 1.95. The first-order valence-electron chi connectivity index (χ1n) is 10.2. The van der Waals surface area contributed by atoms with E-state index < -0.39 is 40.4 Å². The molecular formula is C23H21FN2O5S2. The Bertz CT molecular complexity index is 1260. The van der Waals surface area contributed by atoms with Crippen LogP contribution in [0.4, 0.5) is 10.1 Å². The zero-order chi connectivity index (χ0) is 23.4. The zero-order valence-corrected chi connectivity index (χ0v) is 19.1. The topological polar surface area (TPSA) is 92.8 Å². The molecule has 2 aromatic carbocycles. The number of benzene rings is 2. The molecule has 0 bridgehead atoms. The lowest BCUT2D eigenvalue weighted by Gasteiger charge is -2.35. The monoisotopic (exact) mass is 488 g/mol. The summed E-state index contributed by atoms with van der Waals surface area (Å²) in [5.74, 6) is -1.84. The number of carbonyl (C=O) groups excluding carboxylic acids is 2. The number of amides is 1. The highest BCUT2D eigenvalue weighted by atomic mass is 32.2. The van der Waals surface area contributed by atoms with Crippen LogP contribution in [0.1, 0.15) is 23.6 Å². The summed E-state index contributed by atoms with van der Waals surface area (Å²) in [6.45, 7) is -0.337. The molecule has 4 rings (SSSR count). The van der Waals surface area contributed by atoms with Gasteiger partial charge in [0.2, 0.25) is 0 Å².